The molecule has 9 nitrogen and oxygen atoms in total. The maximum atomic E-state index is 13.0. The standard InChI is InChI=1S/C23H27N3O6S/c1-5-26(6-2)33(28,29)19-12-13-21(31-18-10-8-17(9-11-18)30-7-3)20(15-19)24-23(27)22-14-16(4)25-32-22/h8-15H,5-7H2,1-4H3,(H,24,27). The van der Waals surface area contributed by atoms with Gasteiger partial charge in [0.25, 0.3) is 5.91 Å². The monoisotopic (exact) mass is 473 g/mol. The molecule has 2 aromatic carbocycles. The van der Waals surface area contributed by atoms with Gasteiger partial charge in [0.1, 0.15) is 11.5 Å². The van der Waals surface area contributed by atoms with Gasteiger partial charge in [-0.05, 0) is 56.3 Å². The summed E-state index contributed by atoms with van der Waals surface area (Å²) in [5.41, 5.74) is 0.722. The average Bonchev–Trinajstić information content (AvgIpc) is 3.23. The second kappa shape index (κ2) is 10.5. The molecule has 0 aliphatic carbocycles. The van der Waals surface area contributed by atoms with Crippen molar-refractivity contribution in [2.75, 3.05) is 25.0 Å². The van der Waals surface area contributed by atoms with Crippen LogP contribution in [0.4, 0.5) is 5.69 Å². The second-order valence-electron chi connectivity index (χ2n) is 7.04. The Balaban J connectivity index is 1.97. The molecule has 0 saturated carbocycles. The molecule has 1 amide bonds. The summed E-state index contributed by atoms with van der Waals surface area (Å²) in [6.45, 7) is 8.30. The van der Waals surface area contributed by atoms with Crippen LogP contribution < -0.4 is 14.8 Å². The first kappa shape index (κ1) is 24.3. The minimum atomic E-state index is -3.75. The van der Waals surface area contributed by atoms with Gasteiger partial charge in [-0.25, -0.2) is 8.42 Å². The highest BCUT2D eigenvalue weighted by Gasteiger charge is 2.24. The molecule has 0 aliphatic heterocycles. The van der Waals surface area contributed by atoms with E-state index < -0.39 is 15.9 Å². The minimum Gasteiger partial charge on any atom is -0.494 e. The van der Waals surface area contributed by atoms with Crippen molar-refractivity contribution in [3.8, 4) is 17.2 Å². The second-order valence-corrected chi connectivity index (χ2v) is 8.98. The number of amides is 1. The molecule has 176 valence electrons. The fraction of sp³-hybridized carbons (Fsp3) is 0.304. The van der Waals surface area contributed by atoms with E-state index in [0.29, 0.717) is 36.9 Å². The number of nitrogens with zero attached hydrogens (tertiary/aromatic N) is 2. The van der Waals surface area contributed by atoms with Crippen LogP contribution in [0.3, 0.4) is 0 Å². The maximum absolute atomic E-state index is 13.0. The molecular formula is C23H27N3O6S. The summed E-state index contributed by atoms with van der Waals surface area (Å²) in [6, 6.07) is 12.8. The highest BCUT2D eigenvalue weighted by molar-refractivity contribution is 7.89. The Morgan fingerprint density at radius 1 is 1.03 bits per heavy atom. The molecule has 0 bridgehead atoms. The van der Waals surface area contributed by atoms with Gasteiger partial charge in [-0.15, -0.1) is 0 Å². The fourth-order valence-electron chi connectivity index (χ4n) is 3.12. The van der Waals surface area contributed by atoms with E-state index in [1.807, 2.05) is 6.92 Å². The number of nitrogens with one attached hydrogen (secondary N) is 1. The maximum Gasteiger partial charge on any atom is 0.294 e. The summed E-state index contributed by atoms with van der Waals surface area (Å²) in [6.07, 6.45) is 0. The molecule has 0 atom stereocenters. The molecule has 3 aromatic rings. The van der Waals surface area contributed by atoms with E-state index >= 15 is 0 Å². The molecule has 0 saturated heterocycles. The molecule has 33 heavy (non-hydrogen) atoms. The number of carbonyl (C=O) groups excluding carboxylic acids is 1. The van der Waals surface area contributed by atoms with Gasteiger partial charge in [-0.1, -0.05) is 19.0 Å². The summed E-state index contributed by atoms with van der Waals surface area (Å²) >= 11 is 0. The summed E-state index contributed by atoms with van der Waals surface area (Å²) in [4.78, 5) is 12.7. The highest BCUT2D eigenvalue weighted by atomic mass is 32.2. The quantitative estimate of drug-likeness (QED) is 0.463. The van der Waals surface area contributed by atoms with Crippen LogP contribution in [-0.2, 0) is 10.0 Å². The Morgan fingerprint density at radius 3 is 2.27 bits per heavy atom. The number of benzene rings is 2. The first-order valence-corrected chi connectivity index (χ1v) is 12.0. The summed E-state index contributed by atoms with van der Waals surface area (Å²) in [5.74, 6) is 0.867. The summed E-state index contributed by atoms with van der Waals surface area (Å²) < 4.78 is 43.7. The summed E-state index contributed by atoms with van der Waals surface area (Å²) in [5, 5.41) is 6.39. The fourth-order valence-corrected chi connectivity index (χ4v) is 4.61. The van der Waals surface area contributed by atoms with Gasteiger partial charge in [0, 0.05) is 19.2 Å². The molecule has 0 aliphatic rings. The zero-order valence-electron chi connectivity index (χ0n) is 19.0. The van der Waals surface area contributed by atoms with E-state index in [2.05, 4.69) is 10.5 Å². The number of anilines is 1. The van der Waals surface area contributed by atoms with Crippen molar-refractivity contribution in [3.05, 3.63) is 60.0 Å². The SMILES string of the molecule is CCOc1ccc(Oc2ccc(S(=O)(=O)N(CC)CC)cc2NC(=O)c2cc(C)no2)cc1. The van der Waals surface area contributed by atoms with Crippen molar-refractivity contribution < 1.29 is 27.2 Å². The molecular weight excluding hydrogens is 446 g/mol. The molecule has 1 heterocycles. The van der Waals surface area contributed by atoms with Gasteiger partial charge >= 0.3 is 0 Å². The molecule has 0 spiro atoms. The van der Waals surface area contributed by atoms with E-state index in [1.54, 1.807) is 45.0 Å². The number of hydrogen-bond acceptors (Lipinski definition) is 7. The third-order valence-electron chi connectivity index (χ3n) is 4.76. The lowest BCUT2D eigenvalue weighted by Crippen LogP contribution is -2.30. The molecule has 1 aromatic heterocycles. The van der Waals surface area contributed by atoms with E-state index in [0.717, 1.165) is 0 Å². The van der Waals surface area contributed by atoms with Gasteiger partial charge in [0.05, 0.1) is 22.9 Å². The topological polar surface area (TPSA) is 111 Å². The van der Waals surface area contributed by atoms with Crippen LogP contribution in [-0.4, -0.2) is 43.5 Å². The predicted molar refractivity (Wildman–Crippen MR) is 123 cm³/mol. The Kier molecular flexibility index (Phi) is 7.72. The van der Waals surface area contributed by atoms with E-state index in [-0.39, 0.29) is 22.1 Å². The Bertz CT molecular complexity index is 1200. The van der Waals surface area contributed by atoms with Crippen LogP contribution >= 0.6 is 0 Å². The van der Waals surface area contributed by atoms with Crippen LogP contribution in [0.5, 0.6) is 17.2 Å². The van der Waals surface area contributed by atoms with Gasteiger partial charge in [-0.2, -0.15) is 4.31 Å². The number of rotatable bonds is 10. The number of ether oxygens (including phenoxy) is 2. The van der Waals surface area contributed by atoms with Crippen molar-refractivity contribution in [3.63, 3.8) is 0 Å². The molecule has 0 radical (unpaired) electrons. The number of hydrogen-bond donors (Lipinski definition) is 1. The average molecular weight is 474 g/mol. The van der Waals surface area contributed by atoms with Crippen molar-refractivity contribution in [2.45, 2.75) is 32.6 Å². The van der Waals surface area contributed by atoms with Crippen LogP contribution in [0.25, 0.3) is 0 Å². The lowest BCUT2D eigenvalue weighted by Gasteiger charge is -2.20. The number of aryl methyl sites for hydroxylation is 1. The first-order valence-electron chi connectivity index (χ1n) is 10.6. The molecule has 10 heteroatoms. The number of sulfonamides is 1. The van der Waals surface area contributed by atoms with Crippen LogP contribution in [0, 0.1) is 6.92 Å². The van der Waals surface area contributed by atoms with Crippen LogP contribution in [0.1, 0.15) is 37.0 Å². The van der Waals surface area contributed by atoms with Crippen molar-refractivity contribution in [1.82, 2.24) is 9.46 Å². The number of aromatic nitrogens is 1. The molecule has 0 fully saturated rings. The zero-order chi connectivity index (χ0) is 24.0. The smallest absolute Gasteiger partial charge is 0.294 e. The third kappa shape index (κ3) is 5.71. The van der Waals surface area contributed by atoms with Crippen LogP contribution in [0.15, 0.2) is 57.9 Å². The number of carbonyl (C=O) groups is 1. The predicted octanol–water partition coefficient (Wildman–Crippen LogP) is 4.46. The van der Waals surface area contributed by atoms with Gasteiger partial charge in [0.15, 0.2) is 5.75 Å². The van der Waals surface area contributed by atoms with Gasteiger partial charge in [0.2, 0.25) is 15.8 Å². The Hall–Kier alpha value is -3.37. The van der Waals surface area contributed by atoms with E-state index in [1.165, 1.54) is 28.6 Å². The van der Waals surface area contributed by atoms with Crippen molar-refractivity contribution >= 4 is 21.6 Å². The lowest BCUT2D eigenvalue weighted by molar-refractivity contribution is 0.0987. The van der Waals surface area contributed by atoms with Gasteiger partial charge in [-0.3, -0.25) is 4.79 Å². The third-order valence-corrected chi connectivity index (χ3v) is 6.80. The first-order chi connectivity index (χ1) is 15.8. The van der Waals surface area contributed by atoms with E-state index in [4.69, 9.17) is 14.0 Å². The molecule has 0 unspecified atom stereocenters. The minimum absolute atomic E-state index is 0.00322. The van der Waals surface area contributed by atoms with E-state index in [9.17, 15) is 13.2 Å². The van der Waals surface area contributed by atoms with Crippen molar-refractivity contribution in [2.24, 2.45) is 0 Å². The Morgan fingerprint density at radius 2 is 1.70 bits per heavy atom. The van der Waals surface area contributed by atoms with Crippen LogP contribution in [0.2, 0.25) is 0 Å². The largest absolute Gasteiger partial charge is 0.494 e. The lowest BCUT2D eigenvalue weighted by atomic mass is 10.2. The van der Waals surface area contributed by atoms with Gasteiger partial charge < -0.3 is 19.3 Å². The molecule has 1 N–H and O–H groups in total. The van der Waals surface area contributed by atoms with Crippen molar-refractivity contribution in [1.29, 1.82) is 0 Å². The normalized spacial score (nSPS) is 11.4. The molecule has 3 rings (SSSR count). The highest BCUT2D eigenvalue weighted by Crippen LogP contribution is 2.33. The Labute approximate surface area is 193 Å². The zero-order valence-corrected chi connectivity index (χ0v) is 19.8. The summed E-state index contributed by atoms with van der Waals surface area (Å²) in [7, 11) is -3.75.